The van der Waals surface area contributed by atoms with E-state index >= 15 is 0 Å². The first kappa shape index (κ1) is 16.4. The van der Waals surface area contributed by atoms with Gasteiger partial charge < -0.3 is 4.74 Å². The Balaban J connectivity index is 2.23. The lowest BCUT2D eigenvalue weighted by molar-refractivity contribution is 0.304. The molecule has 19 heavy (non-hydrogen) atoms. The summed E-state index contributed by atoms with van der Waals surface area (Å²) in [5, 5.41) is 10.7. The van der Waals surface area contributed by atoms with Gasteiger partial charge in [0.2, 0.25) is 0 Å². The van der Waals surface area contributed by atoms with E-state index in [9.17, 15) is 0 Å². The number of thiocyanates is 1. The van der Waals surface area contributed by atoms with E-state index in [2.05, 4.69) is 28.3 Å². The summed E-state index contributed by atoms with van der Waals surface area (Å²) in [5.74, 6) is 0.864. The molecular weight excluding hydrogens is 322 g/mol. The van der Waals surface area contributed by atoms with Crippen molar-refractivity contribution in [3.63, 3.8) is 0 Å². The Morgan fingerprint density at radius 3 is 2.63 bits per heavy atom. The fraction of sp³-hybridized carbons (Fsp3) is 0.533. The van der Waals surface area contributed by atoms with Crippen LogP contribution in [-0.2, 0) is 0 Å². The van der Waals surface area contributed by atoms with Gasteiger partial charge in [-0.05, 0) is 52.3 Å². The summed E-state index contributed by atoms with van der Waals surface area (Å²) in [6.07, 6.45) is 7.61. The number of nitrogens with zero attached hydrogens (tertiary/aromatic N) is 1. The smallest absolute Gasteiger partial charge is 0.138 e. The molecule has 0 bridgehead atoms. The fourth-order valence-corrected chi connectivity index (χ4v) is 2.77. The van der Waals surface area contributed by atoms with Crippen LogP contribution in [-0.4, -0.2) is 6.61 Å². The molecule has 2 nitrogen and oxygen atoms in total. The highest BCUT2D eigenvalue weighted by molar-refractivity contribution is 9.10. The molecule has 0 aliphatic rings. The molecule has 4 heteroatoms. The first-order chi connectivity index (χ1) is 9.27. The van der Waals surface area contributed by atoms with Crippen molar-refractivity contribution in [3.8, 4) is 11.2 Å². The molecule has 0 aliphatic heterocycles. The summed E-state index contributed by atoms with van der Waals surface area (Å²) in [7, 11) is 0. The maximum absolute atomic E-state index is 8.64. The van der Waals surface area contributed by atoms with Crippen LogP contribution >= 0.6 is 27.7 Å². The number of hydrogen-bond donors (Lipinski definition) is 0. The molecular formula is C15H20BrNOS. The number of halogens is 1. The van der Waals surface area contributed by atoms with Crippen LogP contribution in [0.4, 0.5) is 0 Å². The van der Waals surface area contributed by atoms with E-state index in [1.807, 2.05) is 18.2 Å². The quantitative estimate of drug-likeness (QED) is 0.325. The highest BCUT2D eigenvalue weighted by Crippen LogP contribution is 2.30. The van der Waals surface area contributed by atoms with E-state index in [0.29, 0.717) is 0 Å². The number of thioether (sulfide) groups is 1. The Kier molecular flexibility index (Phi) is 8.77. The van der Waals surface area contributed by atoms with Gasteiger partial charge in [-0.15, -0.1) is 0 Å². The van der Waals surface area contributed by atoms with Gasteiger partial charge in [0.1, 0.15) is 11.2 Å². The number of nitriles is 1. The Bertz CT molecular complexity index is 417. The number of benzene rings is 1. The monoisotopic (exact) mass is 341 g/mol. The van der Waals surface area contributed by atoms with Crippen molar-refractivity contribution in [3.05, 3.63) is 22.7 Å². The predicted octanol–water partition coefficient (Wildman–Crippen LogP) is 5.76. The van der Waals surface area contributed by atoms with E-state index in [1.165, 1.54) is 32.1 Å². The molecule has 0 atom stereocenters. The van der Waals surface area contributed by atoms with Crippen molar-refractivity contribution in [2.24, 2.45) is 0 Å². The number of ether oxygens (including phenoxy) is 1. The second kappa shape index (κ2) is 10.2. The van der Waals surface area contributed by atoms with Gasteiger partial charge in [-0.2, -0.15) is 5.26 Å². The Morgan fingerprint density at radius 1 is 1.21 bits per heavy atom. The predicted molar refractivity (Wildman–Crippen MR) is 84.5 cm³/mol. The van der Waals surface area contributed by atoms with Gasteiger partial charge >= 0.3 is 0 Å². The second-order valence-corrected chi connectivity index (χ2v) is 6.08. The summed E-state index contributed by atoms with van der Waals surface area (Å²) >= 11 is 4.60. The molecule has 0 aromatic heterocycles. The number of rotatable bonds is 9. The van der Waals surface area contributed by atoms with Crippen molar-refractivity contribution in [2.75, 3.05) is 6.61 Å². The van der Waals surface area contributed by atoms with E-state index in [-0.39, 0.29) is 0 Å². The lowest BCUT2D eigenvalue weighted by Gasteiger charge is -2.07. The van der Waals surface area contributed by atoms with Crippen molar-refractivity contribution >= 4 is 27.7 Å². The average molecular weight is 342 g/mol. The van der Waals surface area contributed by atoms with E-state index in [0.717, 1.165) is 39.9 Å². The van der Waals surface area contributed by atoms with Crippen LogP contribution in [0.3, 0.4) is 0 Å². The molecule has 0 saturated heterocycles. The summed E-state index contributed by atoms with van der Waals surface area (Å²) < 4.78 is 6.62. The van der Waals surface area contributed by atoms with Crippen LogP contribution in [0.15, 0.2) is 27.6 Å². The minimum Gasteiger partial charge on any atom is -0.494 e. The Hall–Kier alpha value is -0.660. The van der Waals surface area contributed by atoms with E-state index in [1.54, 1.807) is 0 Å². The minimum atomic E-state index is 0.767. The summed E-state index contributed by atoms with van der Waals surface area (Å²) in [6, 6.07) is 5.76. The minimum absolute atomic E-state index is 0.767. The van der Waals surface area contributed by atoms with Gasteiger partial charge in [-0.1, -0.05) is 39.0 Å². The normalized spacial score (nSPS) is 10.2. The zero-order valence-corrected chi connectivity index (χ0v) is 13.7. The third-order valence-corrected chi connectivity index (χ3v) is 4.41. The lowest BCUT2D eigenvalue weighted by atomic mass is 10.1. The van der Waals surface area contributed by atoms with Crippen LogP contribution in [0.25, 0.3) is 0 Å². The molecule has 1 aromatic rings. The first-order valence-corrected chi connectivity index (χ1v) is 8.37. The third-order valence-electron chi connectivity index (χ3n) is 2.83. The highest BCUT2D eigenvalue weighted by Gasteiger charge is 2.02. The molecule has 0 N–H and O–H groups in total. The Labute approximate surface area is 128 Å². The van der Waals surface area contributed by atoms with Crippen LogP contribution < -0.4 is 4.74 Å². The van der Waals surface area contributed by atoms with Crippen LogP contribution in [0, 0.1) is 10.7 Å². The lowest BCUT2D eigenvalue weighted by Crippen LogP contribution is -1.97. The van der Waals surface area contributed by atoms with Crippen molar-refractivity contribution in [1.82, 2.24) is 0 Å². The molecule has 0 fully saturated rings. The van der Waals surface area contributed by atoms with Crippen LogP contribution in [0.1, 0.15) is 45.4 Å². The van der Waals surface area contributed by atoms with Gasteiger partial charge in [-0.25, -0.2) is 0 Å². The molecule has 0 amide bonds. The number of hydrogen-bond acceptors (Lipinski definition) is 3. The average Bonchev–Trinajstić information content (AvgIpc) is 2.41. The van der Waals surface area contributed by atoms with Gasteiger partial charge in [0.05, 0.1) is 6.61 Å². The van der Waals surface area contributed by atoms with Gasteiger partial charge in [0, 0.05) is 9.37 Å². The summed E-state index contributed by atoms with van der Waals surface area (Å²) in [4.78, 5) is 0.925. The van der Waals surface area contributed by atoms with Gasteiger partial charge in [0.15, 0.2) is 0 Å². The largest absolute Gasteiger partial charge is 0.494 e. The highest BCUT2D eigenvalue weighted by atomic mass is 79.9. The zero-order chi connectivity index (χ0) is 13.9. The molecule has 0 heterocycles. The molecule has 1 aromatic carbocycles. The topological polar surface area (TPSA) is 33.0 Å². The molecule has 0 unspecified atom stereocenters. The van der Waals surface area contributed by atoms with Crippen LogP contribution in [0.2, 0.25) is 0 Å². The van der Waals surface area contributed by atoms with Crippen LogP contribution in [0.5, 0.6) is 5.75 Å². The zero-order valence-electron chi connectivity index (χ0n) is 11.3. The fourth-order valence-electron chi connectivity index (χ4n) is 1.78. The van der Waals surface area contributed by atoms with Crippen molar-refractivity contribution in [1.29, 1.82) is 5.26 Å². The third kappa shape index (κ3) is 6.89. The standard InChI is InChI=1S/C15H20BrNOS/c1-2-3-4-5-6-7-10-18-13-8-9-15(19-12-17)14(16)11-13/h8-9,11H,2-7,10H2,1H3. The maximum atomic E-state index is 8.64. The van der Waals surface area contributed by atoms with E-state index in [4.69, 9.17) is 10.00 Å². The second-order valence-electron chi connectivity index (χ2n) is 4.40. The summed E-state index contributed by atoms with van der Waals surface area (Å²) in [5.41, 5.74) is 0. The van der Waals surface area contributed by atoms with E-state index < -0.39 is 0 Å². The molecule has 0 aliphatic carbocycles. The molecule has 0 saturated carbocycles. The molecule has 104 valence electrons. The van der Waals surface area contributed by atoms with Gasteiger partial charge in [-0.3, -0.25) is 0 Å². The Morgan fingerprint density at radius 2 is 1.95 bits per heavy atom. The maximum Gasteiger partial charge on any atom is 0.138 e. The van der Waals surface area contributed by atoms with Crippen molar-refractivity contribution < 1.29 is 4.74 Å². The molecule has 0 radical (unpaired) electrons. The first-order valence-electron chi connectivity index (χ1n) is 6.76. The molecule has 0 spiro atoms. The van der Waals surface area contributed by atoms with Crippen molar-refractivity contribution in [2.45, 2.75) is 50.3 Å². The number of unbranched alkanes of at least 4 members (excludes halogenated alkanes) is 5. The van der Waals surface area contributed by atoms with Gasteiger partial charge in [0.25, 0.3) is 0 Å². The SMILES string of the molecule is CCCCCCCCOc1ccc(SC#N)c(Br)c1. The summed E-state index contributed by atoms with van der Waals surface area (Å²) in [6.45, 7) is 3.00. The molecule has 1 rings (SSSR count).